The number of aliphatic hydroxyl groups excluding tert-OH is 1. The minimum Gasteiger partial charge on any atom is -0.394 e. The Balaban J connectivity index is 1.31. The van der Waals surface area contributed by atoms with E-state index in [9.17, 15) is 14.7 Å². The highest BCUT2D eigenvalue weighted by Gasteiger charge is 2.71. The van der Waals surface area contributed by atoms with Crippen molar-refractivity contribution in [3.63, 3.8) is 0 Å². The van der Waals surface area contributed by atoms with Gasteiger partial charge in [-0.2, -0.15) is 0 Å². The van der Waals surface area contributed by atoms with Crippen LogP contribution >= 0.6 is 11.8 Å². The summed E-state index contributed by atoms with van der Waals surface area (Å²) < 4.78 is -0.983. The number of carbonyl (C=O) groups excluding carboxylic acids is 3. The smallest absolute Gasteiger partial charge is 0.251 e. The predicted octanol–water partition coefficient (Wildman–Crippen LogP) is 4.94. The minimum atomic E-state index is -0.983. The Morgan fingerprint density at radius 2 is 1.44 bits per heavy atom. The van der Waals surface area contributed by atoms with Gasteiger partial charge in [-0.15, -0.1) is 11.8 Å². The lowest BCUT2D eigenvalue weighted by Crippen LogP contribution is -2.57. The molecule has 2 saturated heterocycles. The van der Waals surface area contributed by atoms with Crippen LogP contribution in [0.15, 0.2) is 109 Å². The number of hydrogen-bond acceptors (Lipinski definition) is 6. The van der Waals surface area contributed by atoms with Crippen molar-refractivity contribution in [2.24, 2.45) is 11.8 Å². The zero-order chi connectivity index (χ0) is 33.4. The van der Waals surface area contributed by atoms with Gasteiger partial charge >= 0.3 is 0 Å². The third-order valence-corrected chi connectivity index (χ3v) is 12.1. The second kappa shape index (κ2) is 13.3. The van der Waals surface area contributed by atoms with Gasteiger partial charge in [0.05, 0.1) is 29.2 Å². The maximum Gasteiger partial charge on any atom is 0.251 e. The molecular weight excluding hydrogens is 621 g/mol. The molecule has 8 nitrogen and oxygen atoms in total. The second-order valence-corrected chi connectivity index (χ2v) is 14.4. The zero-order valence-corrected chi connectivity index (χ0v) is 28.2. The Labute approximate surface area is 286 Å². The van der Waals surface area contributed by atoms with Crippen LogP contribution in [0.3, 0.4) is 0 Å². The number of para-hydroxylation sites is 1. The summed E-state index contributed by atoms with van der Waals surface area (Å²) in [5.41, 5.74) is 3.58. The third kappa shape index (κ3) is 5.33. The molecule has 4 aliphatic heterocycles. The van der Waals surface area contributed by atoms with Gasteiger partial charge in [-0.1, -0.05) is 72.8 Å². The number of amides is 3. The summed E-state index contributed by atoms with van der Waals surface area (Å²) >= 11 is 1.56. The fourth-order valence-corrected chi connectivity index (χ4v) is 10.1. The van der Waals surface area contributed by atoms with Gasteiger partial charge < -0.3 is 24.7 Å². The molecule has 0 radical (unpaired) electrons. The van der Waals surface area contributed by atoms with E-state index in [1.807, 2.05) is 103 Å². The van der Waals surface area contributed by atoms with Crippen molar-refractivity contribution in [3.05, 3.63) is 115 Å². The first-order chi connectivity index (χ1) is 23.4. The Morgan fingerprint density at radius 3 is 2.10 bits per heavy atom. The summed E-state index contributed by atoms with van der Waals surface area (Å²) in [5.74, 6) is -1.99. The molecule has 7 rings (SSSR count). The lowest BCUT2D eigenvalue weighted by molar-refractivity contribution is -0.141. The lowest BCUT2D eigenvalue weighted by Gasteiger charge is -2.38. The average molecular weight is 663 g/mol. The van der Waals surface area contributed by atoms with E-state index in [4.69, 9.17) is 0 Å². The molecule has 2 fully saturated rings. The quantitative estimate of drug-likeness (QED) is 0.327. The molecule has 1 unspecified atom stereocenters. The van der Waals surface area contributed by atoms with Crippen LogP contribution in [0.25, 0.3) is 0 Å². The van der Waals surface area contributed by atoms with Crippen LogP contribution in [0, 0.1) is 11.8 Å². The van der Waals surface area contributed by atoms with Crippen molar-refractivity contribution in [2.75, 3.05) is 47.5 Å². The van der Waals surface area contributed by atoms with Crippen molar-refractivity contribution in [1.29, 1.82) is 0 Å². The Morgan fingerprint density at radius 1 is 0.812 bits per heavy atom. The fraction of sp³-hybridized carbons (Fsp3) is 0.359. The number of carbonyl (C=O) groups is 3. The van der Waals surface area contributed by atoms with Gasteiger partial charge in [0.15, 0.2) is 0 Å². The number of fused-ring (bicyclic) bond motifs is 2. The van der Waals surface area contributed by atoms with Gasteiger partial charge in [0.25, 0.3) is 5.91 Å². The minimum absolute atomic E-state index is 0.114. The monoisotopic (exact) mass is 662 g/mol. The number of likely N-dealkylation sites (tertiary alicyclic amines) is 1. The summed E-state index contributed by atoms with van der Waals surface area (Å²) in [6, 6.07) is 25.8. The summed E-state index contributed by atoms with van der Waals surface area (Å²) in [6.07, 6.45) is 8.48. The first-order valence-corrected chi connectivity index (χ1v) is 17.8. The molecule has 4 aliphatic rings. The van der Waals surface area contributed by atoms with Crippen LogP contribution in [0.1, 0.15) is 19.4 Å². The molecule has 1 spiro atoms. The van der Waals surface area contributed by atoms with Gasteiger partial charge in [0.2, 0.25) is 11.8 Å². The van der Waals surface area contributed by atoms with E-state index >= 15 is 4.79 Å². The maximum atomic E-state index is 15.0. The van der Waals surface area contributed by atoms with E-state index in [-0.39, 0.29) is 29.6 Å². The molecular formula is C39H42N4O4S. The summed E-state index contributed by atoms with van der Waals surface area (Å²) in [7, 11) is 0. The van der Waals surface area contributed by atoms with Crippen LogP contribution in [0.5, 0.6) is 0 Å². The molecule has 3 aromatic carbocycles. The molecule has 6 atom stereocenters. The number of rotatable bonds is 9. The standard InChI is InChI=1S/C39H42N4O4S/c1-3-40(4-2)28-18-20-30(21-19-28)42-24-12-22-39-34(33-32(48-39)17-11-23-41(36(33)45)29-15-9-6-10-16-29)37(46)43(35(39)38(42)47)31(26-44)25-27-13-7-5-8-14-27/h5-22,31-35,44H,3-4,23-26H2,1-2H3/t31-,32-,33+,34+,35?,39+/m1/s1. The lowest BCUT2D eigenvalue weighted by atomic mass is 9.78. The van der Waals surface area contributed by atoms with Crippen LogP contribution < -0.4 is 14.7 Å². The van der Waals surface area contributed by atoms with Crippen molar-refractivity contribution in [2.45, 2.75) is 42.3 Å². The number of hydrogen-bond donors (Lipinski definition) is 1. The summed E-state index contributed by atoms with van der Waals surface area (Å²) in [6.45, 7) is 6.44. The van der Waals surface area contributed by atoms with E-state index in [1.165, 1.54) is 0 Å². The second-order valence-electron chi connectivity index (χ2n) is 12.9. The fourth-order valence-electron chi connectivity index (χ4n) is 8.11. The Kier molecular flexibility index (Phi) is 8.92. The number of nitrogens with zero attached hydrogens (tertiary/aromatic N) is 4. The SMILES string of the molecule is CCN(CC)c1ccc(N2CC=C[C@]34S[C@@H]5C=CCN(c6ccccc6)C(=O)[C@@H]5[C@H]3C(=O)N([C@@H](CO)Cc3ccccc3)C4C2=O)cc1. The summed E-state index contributed by atoms with van der Waals surface area (Å²) in [4.78, 5) is 52.0. The van der Waals surface area contributed by atoms with Crippen molar-refractivity contribution >= 4 is 46.5 Å². The summed E-state index contributed by atoms with van der Waals surface area (Å²) in [5, 5.41) is 10.6. The number of anilines is 3. The molecule has 0 aliphatic carbocycles. The predicted molar refractivity (Wildman–Crippen MR) is 192 cm³/mol. The van der Waals surface area contributed by atoms with Gasteiger partial charge in [-0.25, -0.2) is 0 Å². The highest BCUT2D eigenvalue weighted by molar-refractivity contribution is 8.02. The Bertz CT molecular complexity index is 1710. The average Bonchev–Trinajstić information content (AvgIpc) is 3.44. The normalized spacial score (nSPS) is 27.0. The highest BCUT2D eigenvalue weighted by Crippen LogP contribution is 2.61. The van der Waals surface area contributed by atoms with Crippen LogP contribution in [0.2, 0.25) is 0 Å². The van der Waals surface area contributed by atoms with E-state index < -0.39 is 28.7 Å². The topological polar surface area (TPSA) is 84.4 Å². The Hall–Kier alpha value is -4.34. The number of benzene rings is 3. The molecule has 9 heteroatoms. The van der Waals surface area contributed by atoms with Crippen molar-refractivity contribution < 1.29 is 19.5 Å². The molecule has 0 aromatic heterocycles. The molecule has 0 bridgehead atoms. The first kappa shape index (κ1) is 32.2. The van der Waals surface area contributed by atoms with Crippen molar-refractivity contribution in [3.8, 4) is 0 Å². The van der Waals surface area contributed by atoms with E-state index in [2.05, 4.69) is 24.8 Å². The number of aliphatic hydroxyl groups is 1. The van der Waals surface area contributed by atoms with Crippen LogP contribution in [-0.2, 0) is 20.8 Å². The van der Waals surface area contributed by atoms with Gasteiger partial charge in [0.1, 0.15) is 6.04 Å². The first-order valence-electron chi connectivity index (χ1n) is 16.9. The van der Waals surface area contributed by atoms with Crippen molar-refractivity contribution in [1.82, 2.24) is 4.90 Å². The number of thioether (sulfide) groups is 1. The largest absolute Gasteiger partial charge is 0.394 e. The van der Waals surface area contributed by atoms with Gasteiger partial charge in [-0.3, -0.25) is 14.4 Å². The molecule has 1 N–H and O–H groups in total. The maximum absolute atomic E-state index is 15.0. The molecule has 4 heterocycles. The highest BCUT2D eigenvalue weighted by atomic mass is 32.2. The third-order valence-electron chi connectivity index (χ3n) is 10.4. The zero-order valence-electron chi connectivity index (χ0n) is 27.4. The molecule has 0 saturated carbocycles. The molecule has 248 valence electrons. The van der Waals surface area contributed by atoms with Crippen LogP contribution in [0.4, 0.5) is 17.1 Å². The van der Waals surface area contributed by atoms with E-state index in [0.29, 0.717) is 19.5 Å². The molecule has 3 aromatic rings. The van der Waals surface area contributed by atoms with Crippen LogP contribution in [-0.4, -0.2) is 82.6 Å². The van der Waals surface area contributed by atoms with Gasteiger partial charge in [0, 0.05) is 48.5 Å². The van der Waals surface area contributed by atoms with Gasteiger partial charge in [-0.05, 0) is 62.2 Å². The van der Waals surface area contributed by atoms with E-state index in [0.717, 1.165) is 35.7 Å². The molecule has 48 heavy (non-hydrogen) atoms. The molecule has 3 amide bonds. The van der Waals surface area contributed by atoms with E-state index in [1.54, 1.807) is 26.5 Å².